The van der Waals surface area contributed by atoms with Gasteiger partial charge in [-0.15, -0.1) is 9.24 Å². The van der Waals surface area contributed by atoms with Gasteiger partial charge in [-0.25, -0.2) is 0 Å². The summed E-state index contributed by atoms with van der Waals surface area (Å²) in [7, 11) is 2.97. The largest absolute Gasteiger partial charge is 0.134 e. The van der Waals surface area contributed by atoms with Crippen molar-refractivity contribution in [2.45, 2.75) is 109 Å². The third-order valence-corrected chi connectivity index (χ3v) is 4.76. The minimum atomic E-state index is 0.869. The van der Waals surface area contributed by atoms with E-state index >= 15 is 0 Å². The summed E-state index contributed by atoms with van der Waals surface area (Å²) in [6.07, 6.45) is 20.2. The molecule has 0 aliphatic rings. The molecule has 0 rings (SSSR count). The lowest BCUT2D eigenvalue weighted by Gasteiger charge is -2.07. The highest BCUT2D eigenvalue weighted by molar-refractivity contribution is 7.17. The van der Waals surface area contributed by atoms with Gasteiger partial charge in [-0.05, 0) is 18.5 Å². The third-order valence-electron chi connectivity index (χ3n) is 3.95. The molecule has 0 amide bonds. The SMILES string of the molecule is CCCCCCCCCCCCCCC(P)CC. The lowest BCUT2D eigenvalue weighted by Crippen LogP contribution is -1.94. The van der Waals surface area contributed by atoms with E-state index in [1.807, 2.05) is 0 Å². The van der Waals surface area contributed by atoms with Crippen molar-refractivity contribution in [3.8, 4) is 0 Å². The van der Waals surface area contributed by atoms with Crippen LogP contribution in [0.5, 0.6) is 0 Å². The maximum atomic E-state index is 2.97. The van der Waals surface area contributed by atoms with Gasteiger partial charge in [0.05, 0.1) is 0 Å². The molecule has 0 aromatic carbocycles. The highest BCUT2D eigenvalue weighted by Crippen LogP contribution is 2.16. The molecule has 0 heterocycles. The summed E-state index contributed by atoms with van der Waals surface area (Å²) < 4.78 is 0. The fourth-order valence-corrected chi connectivity index (χ4v) is 2.69. The Morgan fingerprint density at radius 3 is 1.39 bits per heavy atom. The quantitative estimate of drug-likeness (QED) is 0.243. The predicted molar refractivity (Wildman–Crippen MR) is 89.5 cm³/mol. The monoisotopic (exact) mass is 272 g/mol. The van der Waals surface area contributed by atoms with Gasteiger partial charge in [0.25, 0.3) is 0 Å². The fourth-order valence-electron chi connectivity index (χ4n) is 2.45. The van der Waals surface area contributed by atoms with Crippen molar-refractivity contribution in [3.63, 3.8) is 0 Å². The average molecular weight is 272 g/mol. The van der Waals surface area contributed by atoms with Gasteiger partial charge in [0, 0.05) is 0 Å². The second kappa shape index (κ2) is 15.5. The Labute approximate surface area is 119 Å². The van der Waals surface area contributed by atoms with Crippen molar-refractivity contribution >= 4 is 9.24 Å². The van der Waals surface area contributed by atoms with Gasteiger partial charge in [0.2, 0.25) is 0 Å². The van der Waals surface area contributed by atoms with Crippen molar-refractivity contribution < 1.29 is 0 Å². The summed E-state index contributed by atoms with van der Waals surface area (Å²) in [5, 5.41) is 0. The zero-order valence-electron chi connectivity index (χ0n) is 13.1. The van der Waals surface area contributed by atoms with Crippen LogP contribution in [0.4, 0.5) is 0 Å². The first-order valence-corrected chi connectivity index (χ1v) is 9.23. The Bertz CT molecular complexity index is 145. The van der Waals surface area contributed by atoms with Gasteiger partial charge < -0.3 is 0 Å². The first kappa shape index (κ1) is 18.4. The van der Waals surface area contributed by atoms with Crippen LogP contribution in [0.2, 0.25) is 0 Å². The lowest BCUT2D eigenvalue weighted by atomic mass is 10.0. The Morgan fingerprint density at radius 1 is 0.611 bits per heavy atom. The lowest BCUT2D eigenvalue weighted by molar-refractivity contribution is 0.536. The number of rotatable bonds is 14. The van der Waals surface area contributed by atoms with E-state index in [-0.39, 0.29) is 0 Å². The maximum absolute atomic E-state index is 2.97. The minimum absolute atomic E-state index is 0.869. The summed E-state index contributed by atoms with van der Waals surface area (Å²) in [4.78, 5) is 0. The van der Waals surface area contributed by atoms with Gasteiger partial charge in [-0.2, -0.15) is 0 Å². The van der Waals surface area contributed by atoms with Crippen LogP contribution in [-0.4, -0.2) is 5.66 Å². The van der Waals surface area contributed by atoms with Crippen LogP contribution in [0.3, 0.4) is 0 Å². The van der Waals surface area contributed by atoms with E-state index in [0.717, 1.165) is 5.66 Å². The molecule has 0 aromatic rings. The first-order valence-electron chi connectivity index (χ1n) is 8.56. The van der Waals surface area contributed by atoms with Crippen LogP contribution in [0.1, 0.15) is 104 Å². The molecule has 0 N–H and O–H groups in total. The van der Waals surface area contributed by atoms with Crippen LogP contribution in [-0.2, 0) is 0 Å². The summed E-state index contributed by atoms with van der Waals surface area (Å²) in [5.74, 6) is 0. The predicted octanol–water partition coefficient (Wildman–Crippen LogP) is 6.73. The molecule has 0 radical (unpaired) electrons. The Balaban J connectivity index is 2.94. The van der Waals surface area contributed by atoms with Gasteiger partial charge in [0.1, 0.15) is 0 Å². The Morgan fingerprint density at radius 2 is 1.00 bits per heavy atom. The van der Waals surface area contributed by atoms with E-state index < -0.39 is 0 Å². The normalized spacial score (nSPS) is 12.8. The molecule has 0 nitrogen and oxygen atoms in total. The number of unbranched alkanes of at least 4 members (excludes halogenated alkanes) is 11. The van der Waals surface area contributed by atoms with Gasteiger partial charge >= 0.3 is 0 Å². The second-order valence-electron chi connectivity index (χ2n) is 5.85. The first-order chi connectivity index (χ1) is 8.81. The Kier molecular flexibility index (Phi) is 15.9. The molecule has 0 fully saturated rings. The summed E-state index contributed by atoms with van der Waals surface area (Å²) in [6.45, 7) is 4.58. The van der Waals surface area contributed by atoms with Crippen molar-refractivity contribution in [2.24, 2.45) is 0 Å². The molecule has 1 heteroatoms. The standard InChI is InChI=1S/C17H37P/c1-3-5-6-7-8-9-10-11-12-13-14-15-16-17(18)4-2/h17H,3-16,18H2,1-2H3. The van der Waals surface area contributed by atoms with Crippen LogP contribution in [0, 0.1) is 0 Å². The topological polar surface area (TPSA) is 0 Å². The zero-order chi connectivity index (χ0) is 13.5. The van der Waals surface area contributed by atoms with Crippen LogP contribution in [0.25, 0.3) is 0 Å². The molecule has 2 unspecified atom stereocenters. The molecule has 0 saturated heterocycles. The van der Waals surface area contributed by atoms with Crippen molar-refractivity contribution in [1.82, 2.24) is 0 Å². The molecular formula is C17H37P. The van der Waals surface area contributed by atoms with E-state index in [1.165, 1.54) is 89.9 Å². The highest BCUT2D eigenvalue weighted by Gasteiger charge is 1.98. The molecule has 0 aliphatic carbocycles. The van der Waals surface area contributed by atoms with Crippen LogP contribution >= 0.6 is 9.24 Å². The minimum Gasteiger partial charge on any atom is -0.134 e. The van der Waals surface area contributed by atoms with Crippen molar-refractivity contribution in [2.75, 3.05) is 0 Å². The van der Waals surface area contributed by atoms with Crippen LogP contribution in [0.15, 0.2) is 0 Å². The van der Waals surface area contributed by atoms with Crippen molar-refractivity contribution in [1.29, 1.82) is 0 Å². The average Bonchev–Trinajstić information content (AvgIpc) is 2.39. The molecule has 0 spiro atoms. The molecule has 18 heavy (non-hydrogen) atoms. The smallest absolute Gasteiger partial charge is 0.0267 e. The molecule has 2 atom stereocenters. The molecular weight excluding hydrogens is 235 g/mol. The highest BCUT2D eigenvalue weighted by atomic mass is 31.0. The Hall–Kier alpha value is 0.430. The number of hydrogen-bond donors (Lipinski definition) is 0. The fraction of sp³-hybridized carbons (Fsp3) is 1.00. The van der Waals surface area contributed by atoms with Crippen molar-refractivity contribution in [3.05, 3.63) is 0 Å². The summed E-state index contributed by atoms with van der Waals surface area (Å²) in [6, 6.07) is 0. The van der Waals surface area contributed by atoms with Gasteiger partial charge in [-0.3, -0.25) is 0 Å². The van der Waals surface area contributed by atoms with Crippen LogP contribution < -0.4 is 0 Å². The van der Waals surface area contributed by atoms with E-state index in [2.05, 4.69) is 23.1 Å². The summed E-state index contributed by atoms with van der Waals surface area (Å²) in [5.41, 5.74) is 0.869. The molecule has 0 aromatic heterocycles. The molecule has 0 bridgehead atoms. The van der Waals surface area contributed by atoms with E-state index in [9.17, 15) is 0 Å². The molecule has 110 valence electrons. The third kappa shape index (κ3) is 14.5. The van der Waals surface area contributed by atoms with Gasteiger partial charge in [-0.1, -0.05) is 90.9 Å². The second-order valence-corrected chi connectivity index (χ2v) is 6.79. The zero-order valence-corrected chi connectivity index (χ0v) is 14.2. The molecule has 0 saturated carbocycles. The number of hydrogen-bond acceptors (Lipinski definition) is 0. The molecule has 0 aliphatic heterocycles. The van der Waals surface area contributed by atoms with Gasteiger partial charge in [0.15, 0.2) is 0 Å². The maximum Gasteiger partial charge on any atom is -0.0267 e. The summed E-state index contributed by atoms with van der Waals surface area (Å²) >= 11 is 0. The van der Waals surface area contributed by atoms with E-state index in [0.29, 0.717) is 0 Å². The van der Waals surface area contributed by atoms with E-state index in [4.69, 9.17) is 0 Å². The van der Waals surface area contributed by atoms with E-state index in [1.54, 1.807) is 0 Å².